The van der Waals surface area contributed by atoms with Gasteiger partial charge in [-0.05, 0) is 0 Å². The molecule has 4 N–H and O–H groups in total. The summed E-state index contributed by atoms with van der Waals surface area (Å²) in [5.74, 6) is 0.962. The molecule has 2 rings (SSSR count). The summed E-state index contributed by atoms with van der Waals surface area (Å²) in [6.45, 7) is 1.29. The fourth-order valence-electron chi connectivity index (χ4n) is 1.65. The highest BCUT2D eigenvalue weighted by molar-refractivity contribution is 7.90. The number of anilines is 2. The van der Waals surface area contributed by atoms with Crippen molar-refractivity contribution in [3.8, 4) is 11.5 Å². The predicted octanol–water partition coefficient (Wildman–Crippen LogP) is -0.0673. The van der Waals surface area contributed by atoms with Crippen LogP contribution in [-0.2, 0) is 14.9 Å². The predicted molar refractivity (Wildman–Crippen MR) is 74.3 cm³/mol. The summed E-state index contributed by atoms with van der Waals surface area (Å²) in [5, 5.41) is 0. The SMILES string of the molecule is COCCNS(=O)(=O)Nc1cc2c(cc1N)OCCO2. The van der Waals surface area contributed by atoms with Gasteiger partial charge in [0.25, 0.3) is 10.2 Å². The number of fused-ring (bicyclic) bond motifs is 1. The maximum absolute atomic E-state index is 11.8. The van der Waals surface area contributed by atoms with Gasteiger partial charge in [-0.25, -0.2) is 0 Å². The van der Waals surface area contributed by atoms with Crippen LogP contribution in [0.2, 0.25) is 0 Å². The normalized spacial score (nSPS) is 14.1. The highest BCUT2D eigenvalue weighted by atomic mass is 32.2. The molecule has 1 aromatic carbocycles. The molecule has 0 aliphatic carbocycles. The van der Waals surface area contributed by atoms with Crippen LogP contribution in [0.3, 0.4) is 0 Å². The van der Waals surface area contributed by atoms with Crippen molar-refractivity contribution in [3.05, 3.63) is 12.1 Å². The Hall–Kier alpha value is -1.71. The first-order valence-electron chi connectivity index (χ1n) is 5.97. The van der Waals surface area contributed by atoms with Crippen molar-refractivity contribution in [2.75, 3.05) is 43.9 Å². The maximum Gasteiger partial charge on any atom is 0.299 e. The van der Waals surface area contributed by atoms with E-state index in [9.17, 15) is 8.42 Å². The van der Waals surface area contributed by atoms with Gasteiger partial charge < -0.3 is 19.9 Å². The molecule has 0 spiro atoms. The Morgan fingerprint density at radius 2 is 1.95 bits per heavy atom. The van der Waals surface area contributed by atoms with Crippen molar-refractivity contribution >= 4 is 21.6 Å². The smallest absolute Gasteiger partial charge is 0.299 e. The molecule has 0 bridgehead atoms. The standard InChI is InChI=1S/C11H17N3O5S/c1-17-3-2-13-20(15,16)14-9-7-11-10(6-8(9)12)18-4-5-19-11/h6-7,13-14H,2-5,12H2,1H3. The first kappa shape index (κ1) is 14.7. The monoisotopic (exact) mass is 303 g/mol. The second kappa shape index (κ2) is 6.16. The Morgan fingerprint density at radius 3 is 2.60 bits per heavy atom. The molecule has 1 heterocycles. The summed E-state index contributed by atoms with van der Waals surface area (Å²) >= 11 is 0. The molecule has 112 valence electrons. The maximum atomic E-state index is 11.8. The van der Waals surface area contributed by atoms with Crippen LogP contribution < -0.4 is 24.7 Å². The van der Waals surface area contributed by atoms with Gasteiger partial charge in [0.1, 0.15) is 13.2 Å². The van der Waals surface area contributed by atoms with Gasteiger partial charge in [-0.15, -0.1) is 0 Å². The lowest BCUT2D eigenvalue weighted by atomic mass is 10.2. The fourth-order valence-corrected chi connectivity index (χ4v) is 2.54. The average molecular weight is 303 g/mol. The van der Waals surface area contributed by atoms with Crippen molar-refractivity contribution < 1.29 is 22.6 Å². The van der Waals surface area contributed by atoms with Crippen molar-refractivity contribution in [3.63, 3.8) is 0 Å². The summed E-state index contributed by atoms with van der Waals surface area (Å²) in [6.07, 6.45) is 0. The zero-order chi connectivity index (χ0) is 14.6. The molecule has 8 nitrogen and oxygen atoms in total. The lowest BCUT2D eigenvalue weighted by Crippen LogP contribution is -2.32. The van der Waals surface area contributed by atoms with E-state index in [1.54, 1.807) is 0 Å². The van der Waals surface area contributed by atoms with E-state index in [4.69, 9.17) is 19.9 Å². The summed E-state index contributed by atoms with van der Waals surface area (Å²) in [7, 11) is -2.23. The van der Waals surface area contributed by atoms with Gasteiger partial charge in [0.2, 0.25) is 0 Å². The zero-order valence-electron chi connectivity index (χ0n) is 11.0. The number of nitrogens with one attached hydrogen (secondary N) is 2. The minimum absolute atomic E-state index is 0.163. The van der Waals surface area contributed by atoms with E-state index in [1.165, 1.54) is 19.2 Å². The molecule has 1 aliphatic rings. The zero-order valence-corrected chi connectivity index (χ0v) is 11.8. The van der Waals surface area contributed by atoms with Gasteiger partial charge in [0.15, 0.2) is 11.5 Å². The van der Waals surface area contributed by atoms with Crippen LogP contribution >= 0.6 is 0 Å². The molecule has 0 unspecified atom stereocenters. The number of methoxy groups -OCH3 is 1. The number of nitrogens with two attached hydrogens (primary N) is 1. The molecule has 1 aromatic rings. The first-order valence-corrected chi connectivity index (χ1v) is 7.45. The molecule has 0 saturated heterocycles. The van der Waals surface area contributed by atoms with Gasteiger partial charge in [-0.1, -0.05) is 0 Å². The Morgan fingerprint density at radius 1 is 1.30 bits per heavy atom. The lowest BCUT2D eigenvalue weighted by molar-refractivity contribution is 0.172. The van der Waals surface area contributed by atoms with Crippen molar-refractivity contribution in [2.45, 2.75) is 0 Å². The van der Waals surface area contributed by atoms with E-state index in [0.29, 0.717) is 24.7 Å². The molecule has 1 aliphatic heterocycles. The molecule has 0 radical (unpaired) electrons. The van der Waals surface area contributed by atoms with Gasteiger partial charge in [0, 0.05) is 25.8 Å². The Labute approximate surface area is 117 Å². The summed E-state index contributed by atoms with van der Waals surface area (Å²) in [6, 6.07) is 3.03. The van der Waals surface area contributed by atoms with Crippen molar-refractivity contribution in [1.29, 1.82) is 0 Å². The minimum atomic E-state index is -3.71. The second-order valence-electron chi connectivity index (χ2n) is 4.08. The first-order chi connectivity index (χ1) is 9.52. The van der Waals surface area contributed by atoms with Gasteiger partial charge in [-0.2, -0.15) is 13.1 Å². The van der Waals surface area contributed by atoms with Crippen LogP contribution in [0.25, 0.3) is 0 Å². The third kappa shape index (κ3) is 3.65. The fraction of sp³-hybridized carbons (Fsp3) is 0.455. The summed E-state index contributed by atoms with van der Waals surface area (Å²) in [4.78, 5) is 0. The van der Waals surface area contributed by atoms with Crippen LogP contribution in [0.5, 0.6) is 11.5 Å². The highest BCUT2D eigenvalue weighted by Gasteiger charge is 2.17. The average Bonchev–Trinajstić information content (AvgIpc) is 2.39. The van der Waals surface area contributed by atoms with Crippen LogP contribution in [0.1, 0.15) is 0 Å². The van der Waals surface area contributed by atoms with Crippen molar-refractivity contribution in [1.82, 2.24) is 4.72 Å². The topological polar surface area (TPSA) is 112 Å². The van der Waals surface area contributed by atoms with E-state index in [1.807, 2.05) is 0 Å². The summed E-state index contributed by atoms with van der Waals surface area (Å²) < 4.78 is 43.7. The second-order valence-corrected chi connectivity index (χ2v) is 5.58. The van der Waals surface area contributed by atoms with E-state index < -0.39 is 10.2 Å². The number of ether oxygens (including phenoxy) is 3. The van der Waals surface area contributed by atoms with Crippen molar-refractivity contribution in [2.24, 2.45) is 0 Å². The molecule has 0 atom stereocenters. The molecular formula is C11H17N3O5S. The van der Waals surface area contributed by atoms with E-state index >= 15 is 0 Å². The van der Waals surface area contributed by atoms with Gasteiger partial charge >= 0.3 is 0 Å². The number of hydrogen-bond acceptors (Lipinski definition) is 6. The molecular weight excluding hydrogens is 286 g/mol. The molecule has 9 heteroatoms. The Kier molecular flexibility index (Phi) is 4.53. The highest BCUT2D eigenvalue weighted by Crippen LogP contribution is 2.37. The molecule has 20 heavy (non-hydrogen) atoms. The third-order valence-corrected chi connectivity index (χ3v) is 3.63. The molecule has 0 amide bonds. The Bertz CT molecular complexity index is 576. The lowest BCUT2D eigenvalue weighted by Gasteiger charge is -2.20. The minimum Gasteiger partial charge on any atom is -0.486 e. The quantitative estimate of drug-likeness (QED) is 0.501. The van der Waals surface area contributed by atoms with Gasteiger partial charge in [0.05, 0.1) is 18.0 Å². The number of rotatable bonds is 6. The number of hydrogen-bond donors (Lipinski definition) is 3. The van der Waals surface area contributed by atoms with Crippen LogP contribution in [-0.4, -0.2) is 41.9 Å². The van der Waals surface area contributed by atoms with Gasteiger partial charge in [-0.3, -0.25) is 4.72 Å². The van der Waals surface area contributed by atoms with Crippen LogP contribution in [0.15, 0.2) is 12.1 Å². The molecule has 0 saturated carbocycles. The molecule has 0 fully saturated rings. The number of nitrogen functional groups attached to an aromatic ring is 1. The largest absolute Gasteiger partial charge is 0.486 e. The molecule has 0 aromatic heterocycles. The number of benzene rings is 1. The van der Waals surface area contributed by atoms with Crippen LogP contribution in [0, 0.1) is 0 Å². The van der Waals surface area contributed by atoms with E-state index in [2.05, 4.69) is 9.44 Å². The Balaban J connectivity index is 2.12. The summed E-state index contributed by atoms with van der Waals surface area (Å²) in [5.41, 5.74) is 6.28. The third-order valence-electron chi connectivity index (χ3n) is 2.56. The van der Waals surface area contributed by atoms with Crippen LogP contribution in [0.4, 0.5) is 11.4 Å². The van der Waals surface area contributed by atoms with E-state index in [-0.39, 0.29) is 24.5 Å². The van der Waals surface area contributed by atoms with E-state index in [0.717, 1.165) is 0 Å².